The van der Waals surface area contributed by atoms with Crippen molar-refractivity contribution in [3.8, 4) is 0 Å². The molecule has 2 aromatic carbocycles. The number of quaternary nitrogens is 1. The second-order valence-electron chi connectivity index (χ2n) is 5.35. The lowest BCUT2D eigenvalue weighted by Crippen LogP contribution is -3.10. The van der Waals surface area contributed by atoms with E-state index in [1.54, 1.807) is 6.07 Å². The van der Waals surface area contributed by atoms with Crippen LogP contribution in [-0.2, 0) is 0 Å². The first-order valence-electron chi connectivity index (χ1n) is 7.03. The van der Waals surface area contributed by atoms with Gasteiger partial charge in [-0.1, -0.05) is 46.9 Å². The summed E-state index contributed by atoms with van der Waals surface area (Å²) in [6.45, 7) is 1.65. The normalized spacial score (nSPS) is 21.9. The van der Waals surface area contributed by atoms with Crippen LogP contribution in [0, 0.1) is 5.21 Å². The van der Waals surface area contributed by atoms with E-state index < -0.39 is 0 Å². The molecule has 2 unspecified atom stereocenters. The average molecular weight is 358 g/mol. The zero-order valence-corrected chi connectivity index (χ0v) is 14.0. The van der Waals surface area contributed by atoms with Crippen LogP contribution in [0.5, 0.6) is 0 Å². The maximum absolute atomic E-state index is 11.9. The summed E-state index contributed by atoms with van der Waals surface area (Å²) in [6, 6.07) is 13.0. The summed E-state index contributed by atoms with van der Waals surface area (Å²) in [5, 5.41) is 14.1. The summed E-state index contributed by atoms with van der Waals surface area (Å²) in [6.07, 6.45) is 0. The topological polar surface area (TPSA) is 30.7 Å². The number of nitrogens with zero attached hydrogens (tertiary/aromatic N) is 1. The monoisotopic (exact) mass is 356 g/mol. The van der Waals surface area contributed by atoms with E-state index in [9.17, 15) is 5.21 Å². The molecule has 0 aliphatic carbocycles. The van der Waals surface area contributed by atoms with Gasteiger partial charge in [0.2, 0.25) is 0 Å². The standard InChI is InChI=1S/C16H15Cl3N2O/c17-12-3-1-11(2-4-12)16-10-20(22)7-8-21(16)15-6-5-13(18)9-14(15)19/h1-6,9,16,20H,7-8,10H2. The molecule has 1 N–H and O–H groups in total. The van der Waals surface area contributed by atoms with Crippen LogP contribution >= 0.6 is 34.8 Å². The number of benzene rings is 2. The van der Waals surface area contributed by atoms with E-state index in [0.717, 1.165) is 11.3 Å². The van der Waals surface area contributed by atoms with Crippen molar-refractivity contribution in [1.82, 2.24) is 0 Å². The van der Waals surface area contributed by atoms with Crippen molar-refractivity contribution in [2.24, 2.45) is 0 Å². The lowest BCUT2D eigenvalue weighted by molar-refractivity contribution is -0.852. The van der Waals surface area contributed by atoms with Gasteiger partial charge in [0.05, 0.1) is 23.8 Å². The Morgan fingerprint density at radius 1 is 1.00 bits per heavy atom. The highest BCUT2D eigenvalue weighted by molar-refractivity contribution is 6.36. The van der Waals surface area contributed by atoms with Crippen molar-refractivity contribution in [2.75, 3.05) is 24.5 Å². The molecule has 6 heteroatoms. The van der Waals surface area contributed by atoms with E-state index >= 15 is 0 Å². The Kier molecular flexibility index (Phi) is 4.81. The molecule has 3 rings (SSSR count). The molecule has 1 aliphatic rings. The average Bonchev–Trinajstić information content (AvgIpc) is 2.49. The highest BCUT2D eigenvalue weighted by atomic mass is 35.5. The first-order valence-corrected chi connectivity index (χ1v) is 8.17. The minimum absolute atomic E-state index is 0.0304. The van der Waals surface area contributed by atoms with Crippen molar-refractivity contribution in [3.05, 3.63) is 68.3 Å². The summed E-state index contributed by atoms with van der Waals surface area (Å²) in [7, 11) is 0. The SMILES string of the molecule is [O-][NH+]1CCN(c2ccc(Cl)cc2Cl)C(c2ccc(Cl)cc2)C1. The minimum atomic E-state index is -0.0304. The fourth-order valence-electron chi connectivity index (χ4n) is 2.81. The van der Waals surface area contributed by atoms with Crippen LogP contribution < -0.4 is 9.96 Å². The van der Waals surface area contributed by atoms with Crippen molar-refractivity contribution < 1.29 is 5.06 Å². The summed E-state index contributed by atoms with van der Waals surface area (Å²) in [5.41, 5.74) is 1.96. The Balaban J connectivity index is 1.98. The molecule has 0 saturated carbocycles. The number of nitrogens with one attached hydrogen (secondary N) is 1. The molecule has 116 valence electrons. The van der Waals surface area contributed by atoms with E-state index in [1.165, 1.54) is 0 Å². The molecular weight excluding hydrogens is 343 g/mol. The molecule has 0 radical (unpaired) electrons. The van der Waals surface area contributed by atoms with Crippen LogP contribution in [0.1, 0.15) is 11.6 Å². The van der Waals surface area contributed by atoms with Crippen LogP contribution in [0.25, 0.3) is 0 Å². The molecular formula is C16H15Cl3N2O. The van der Waals surface area contributed by atoms with Gasteiger partial charge in [0, 0.05) is 10.0 Å². The summed E-state index contributed by atoms with van der Waals surface area (Å²) >= 11 is 18.3. The van der Waals surface area contributed by atoms with Crippen molar-refractivity contribution in [2.45, 2.75) is 6.04 Å². The Bertz CT molecular complexity index is 663. The number of hydrogen-bond donors (Lipinski definition) is 1. The third-order valence-corrected chi connectivity index (χ3v) is 4.69. The lowest BCUT2D eigenvalue weighted by atomic mass is 10.0. The van der Waals surface area contributed by atoms with Gasteiger partial charge >= 0.3 is 0 Å². The van der Waals surface area contributed by atoms with Gasteiger partial charge in [0.15, 0.2) is 0 Å². The maximum atomic E-state index is 11.9. The smallest absolute Gasteiger partial charge is 0.104 e. The minimum Gasteiger partial charge on any atom is -0.634 e. The van der Waals surface area contributed by atoms with Crippen molar-refractivity contribution in [3.63, 3.8) is 0 Å². The van der Waals surface area contributed by atoms with Gasteiger partial charge < -0.3 is 15.2 Å². The molecule has 1 fully saturated rings. The lowest BCUT2D eigenvalue weighted by Gasteiger charge is -2.42. The van der Waals surface area contributed by atoms with Gasteiger partial charge in [-0.2, -0.15) is 0 Å². The Labute approximate surface area is 144 Å². The fourth-order valence-corrected chi connectivity index (χ4v) is 3.46. The number of piperazine rings is 1. The molecule has 1 heterocycles. The van der Waals surface area contributed by atoms with Gasteiger partial charge in [-0.05, 0) is 35.9 Å². The molecule has 0 spiro atoms. The highest BCUT2D eigenvalue weighted by Gasteiger charge is 2.29. The van der Waals surface area contributed by atoms with Crippen LogP contribution in [0.3, 0.4) is 0 Å². The largest absolute Gasteiger partial charge is 0.634 e. The molecule has 2 aromatic rings. The first kappa shape index (κ1) is 15.9. The highest BCUT2D eigenvalue weighted by Crippen LogP contribution is 2.34. The zero-order valence-electron chi connectivity index (χ0n) is 11.7. The second-order valence-corrected chi connectivity index (χ2v) is 6.63. The number of halogens is 3. The van der Waals surface area contributed by atoms with Crippen molar-refractivity contribution >= 4 is 40.5 Å². The molecule has 0 bridgehead atoms. The predicted molar refractivity (Wildman–Crippen MR) is 92.1 cm³/mol. The van der Waals surface area contributed by atoms with Gasteiger partial charge in [-0.15, -0.1) is 0 Å². The predicted octanol–water partition coefficient (Wildman–Crippen LogP) is 3.59. The van der Waals surface area contributed by atoms with Gasteiger partial charge in [-0.25, -0.2) is 0 Å². The molecule has 0 aromatic heterocycles. The third kappa shape index (κ3) is 3.34. The fraction of sp³-hybridized carbons (Fsp3) is 0.250. The van der Waals surface area contributed by atoms with E-state index in [0.29, 0.717) is 34.7 Å². The quantitative estimate of drug-likeness (QED) is 0.833. The van der Waals surface area contributed by atoms with Crippen LogP contribution in [0.15, 0.2) is 42.5 Å². The number of hydrogen-bond acceptors (Lipinski definition) is 2. The number of anilines is 1. The maximum Gasteiger partial charge on any atom is 0.104 e. The molecule has 3 nitrogen and oxygen atoms in total. The summed E-state index contributed by atoms with van der Waals surface area (Å²) < 4.78 is 0. The van der Waals surface area contributed by atoms with E-state index in [-0.39, 0.29) is 11.1 Å². The van der Waals surface area contributed by atoms with Crippen LogP contribution in [0.2, 0.25) is 15.1 Å². The Hall–Kier alpha value is -0.970. The summed E-state index contributed by atoms with van der Waals surface area (Å²) in [5.74, 6) is 0. The summed E-state index contributed by atoms with van der Waals surface area (Å²) in [4.78, 5) is 2.17. The number of hydroxylamine groups is 2. The molecule has 1 saturated heterocycles. The molecule has 22 heavy (non-hydrogen) atoms. The van der Waals surface area contributed by atoms with Gasteiger partial charge in [0.25, 0.3) is 0 Å². The Morgan fingerprint density at radius 3 is 2.36 bits per heavy atom. The molecule has 0 amide bonds. The first-order chi connectivity index (χ1) is 10.5. The van der Waals surface area contributed by atoms with Crippen LogP contribution in [-0.4, -0.2) is 19.6 Å². The zero-order chi connectivity index (χ0) is 15.7. The van der Waals surface area contributed by atoms with Crippen LogP contribution in [0.4, 0.5) is 5.69 Å². The third-order valence-electron chi connectivity index (χ3n) is 3.90. The second kappa shape index (κ2) is 6.65. The molecule has 2 atom stereocenters. The van der Waals surface area contributed by atoms with Gasteiger partial charge in [-0.3, -0.25) is 0 Å². The van der Waals surface area contributed by atoms with E-state index in [4.69, 9.17) is 34.8 Å². The van der Waals surface area contributed by atoms with E-state index in [1.807, 2.05) is 36.4 Å². The Morgan fingerprint density at radius 2 is 1.68 bits per heavy atom. The van der Waals surface area contributed by atoms with Crippen molar-refractivity contribution in [1.29, 1.82) is 0 Å². The van der Waals surface area contributed by atoms with Gasteiger partial charge in [0.1, 0.15) is 12.6 Å². The van der Waals surface area contributed by atoms with E-state index in [2.05, 4.69) is 4.90 Å². The molecule has 1 aliphatic heterocycles. The number of rotatable bonds is 2.